The molecule has 0 saturated carbocycles. The average Bonchev–Trinajstić information content (AvgIpc) is 3.42. The molecule has 5 heterocycles. The van der Waals surface area contributed by atoms with Gasteiger partial charge < -0.3 is 9.84 Å². The number of rotatable bonds is 7. The van der Waals surface area contributed by atoms with E-state index in [2.05, 4.69) is 24.9 Å². The lowest BCUT2D eigenvalue weighted by atomic mass is 10.0. The van der Waals surface area contributed by atoms with Crippen molar-refractivity contribution in [1.29, 1.82) is 0 Å². The third-order valence-corrected chi connectivity index (χ3v) is 8.69. The molecule has 0 saturated heterocycles. The first kappa shape index (κ1) is 32.3. The Morgan fingerprint density at radius 1 is 0.979 bits per heavy atom. The van der Waals surface area contributed by atoms with Crippen molar-refractivity contribution in [3.05, 3.63) is 90.8 Å². The quantitative estimate of drug-likeness (QED) is 0.179. The number of thiophene rings is 1. The summed E-state index contributed by atoms with van der Waals surface area (Å²) in [6.45, 7) is 4.73. The van der Waals surface area contributed by atoms with Crippen molar-refractivity contribution in [3.8, 4) is 28.3 Å². The number of aromatic carboxylic acids is 1. The summed E-state index contributed by atoms with van der Waals surface area (Å²) in [4.78, 5) is 46.1. The third kappa shape index (κ3) is 6.11. The molecule has 0 aliphatic carbocycles. The molecule has 10 nitrogen and oxygen atoms in total. The fraction of sp³-hybridized carbons (Fsp3) is 0.194. The van der Waals surface area contributed by atoms with Gasteiger partial charge in [0, 0.05) is 33.4 Å². The van der Waals surface area contributed by atoms with Gasteiger partial charge in [0.15, 0.2) is 10.7 Å². The maximum Gasteiger partial charge on any atom is 0.418 e. The Balaban J connectivity index is 1.37. The molecular weight excluding hydrogens is 680 g/mol. The molecule has 6 rings (SSSR count). The van der Waals surface area contributed by atoms with Gasteiger partial charge >= 0.3 is 12.1 Å². The number of alkyl halides is 3. The highest BCUT2D eigenvalue weighted by atomic mass is 35.5. The van der Waals surface area contributed by atoms with E-state index in [0.717, 1.165) is 6.07 Å². The monoisotopic (exact) mass is 700 g/mol. The summed E-state index contributed by atoms with van der Waals surface area (Å²) in [7, 11) is 0. The van der Waals surface area contributed by atoms with Crippen LogP contribution in [0.3, 0.4) is 0 Å². The van der Waals surface area contributed by atoms with Gasteiger partial charge in [-0.25, -0.2) is 24.7 Å². The summed E-state index contributed by atoms with van der Waals surface area (Å²) in [5.74, 6) is -0.558. The van der Waals surface area contributed by atoms with Crippen LogP contribution in [-0.4, -0.2) is 47.2 Å². The number of fused-ring (bicyclic) bond motifs is 2. The molecule has 240 valence electrons. The lowest BCUT2D eigenvalue weighted by Gasteiger charge is -2.16. The summed E-state index contributed by atoms with van der Waals surface area (Å²) in [6.07, 6.45) is -3.60. The van der Waals surface area contributed by atoms with Gasteiger partial charge in [0.25, 0.3) is 5.56 Å². The molecule has 0 spiro atoms. The molecule has 0 fully saturated rings. The van der Waals surface area contributed by atoms with Crippen molar-refractivity contribution in [2.75, 3.05) is 6.61 Å². The van der Waals surface area contributed by atoms with Crippen molar-refractivity contribution >= 4 is 61.8 Å². The molecule has 6 aromatic rings. The molecule has 1 N–H and O–H groups in total. The zero-order chi connectivity index (χ0) is 33.8. The Hall–Kier alpha value is -4.66. The van der Waals surface area contributed by atoms with Crippen LogP contribution in [0, 0.1) is 20.8 Å². The highest BCUT2D eigenvalue weighted by molar-refractivity contribution is 7.18. The van der Waals surface area contributed by atoms with Crippen molar-refractivity contribution in [3.63, 3.8) is 0 Å². The normalized spacial score (nSPS) is 11.8. The van der Waals surface area contributed by atoms with E-state index in [1.807, 2.05) is 0 Å². The molecule has 5 aromatic heterocycles. The number of hydrogen-bond acceptors (Lipinski definition) is 9. The Morgan fingerprint density at radius 2 is 1.74 bits per heavy atom. The lowest BCUT2D eigenvalue weighted by molar-refractivity contribution is -0.137. The van der Waals surface area contributed by atoms with Gasteiger partial charge in [-0.05, 0) is 51.1 Å². The molecule has 0 aliphatic rings. The topological polar surface area (TPSA) is 133 Å². The lowest BCUT2D eigenvalue weighted by Crippen LogP contribution is -2.27. The molecule has 1 aromatic carbocycles. The number of hydrogen-bond donors (Lipinski definition) is 1. The zero-order valence-electron chi connectivity index (χ0n) is 24.6. The molecule has 16 heteroatoms. The van der Waals surface area contributed by atoms with Gasteiger partial charge in [-0.3, -0.25) is 14.3 Å². The van der Waals surface area contributed by atoms with Crippen molar-refractivity contribution in [2.45, 2.75) is 33.5 Å². The summed E-state index contributed by atoms with van der Waals surface area (Å²) < 4.78 is 50.3. The SMILES string of the molecule is Cc1cnc(-c2nc3c(=O)n(CCOc4ccc(Cl)cc4-c4cc(C)nc5c(C(=O)O)csc45)c(C)nc3cc2C(F)(F)F)c(Cl)n1. The number of benzene rings is 1. The van der Waals surface area contributed by atoms with E-state index in [1.54, 1.807) is 38.1 Å². The smallest absolute Gasteiger partial charge is 0.418 e. The van der Waals surface area contributed by atoms with Crippen LogP contribution >= 0.6 is 34.5 Å². The Labute approximate surface area is 277 Å². The van der Waals surface area contributed by atoms with Crippen LogP contribution in [0.15, 0.2) is 46.7 Å². The van der Waals surface area contributed by atoms with Gasteiger partial charge in [-0.1, -0.05) is 23.2 Å². The minimum Gasteiger partial charge on any atom is -0.491 e. The standard InChI is InChI=1S/C31H21Cl2F3N6O4S/c1-13-8-18(27-23(38-13)19(12-47-27)30(44)45)17-9-16(32)4-5-22(17)46-7-6-42-15(3)40-21-10-20(31(34,35)36)24(41-25(21)29(42)43)26-28(33)39-14(2)11-37-26/h4-5,8-12H,6-7H2,1-3H3,(H,44,45). The second-order valence-electron chi connectivity index (χ2n) is 10.4. The summed E-state index contributed by atoms with van der Waals surface area (Å²) >= 11 is 13.7. The van der Waals surface area contributed by atoms with Gasteiger partial charge in [0.1, 0.15) is 29.6 Å². The van der Waals surface area contributed by atoms with E-state index in [4.69, 9.17) is 27.9 Å². The van der Waals surface area contributed by atoms with Gasteiger partial charge in [0.2, 0.25) is 0 Å². The summed E-state index contributed by atoms with van der Waals surface area (Å²) in [5, 5.41) is 11.3. The maximum absolute atomic E-state index is 14.1. The van der Waals surface area contributed by atoms with Crippen LogP contribution in [0.5, 0.6) is 5.75 Å². The van der Waals surface area contributed by atoms with Crippen molar-refractivity contribution in [1.82, 2.24) is 29.5 Å². The molecule has 0 amide bonds. The molecule has 0 bridgehead atoms. The third-order valence-electron chi connectivity index (χ3n) is 7.19. The van der Waals surface area contributed by atoms with Crippen LogP contribution < -0.4 is 10.3 Å². The van der Waals surface area contributed by atoms with E-state index >= 15 is 0 Å². The Kier molecular flexibility index (Phi) is 8.36. The molecular formula is C31H21Cl2F3N6O4S. The number of aromatic nitrogens is 6. The molecule has 47 heavy (non-hydrogen) atoms. The zero-order valence-corrected chi connectivity index (χ0v) is 26.9. The number of carboxylic acids is 1. The van der Waals surface area contributed by atoms with E-state index in [1.165, 1.54) is 34.4 Å². The van der Waals surface area contributed by atoms with Gasteiger partial charge in [-0.2, -0.15) is 13.2 Å². The maximum atomic E-state index is 14.1. The first-order chi connectivity index (χ1) is 22.2. The van der Waals surface area contributed by atoms with Gasteiger partial charge in [0.05, 0.1) is 39.1 Å². The van der Waals surface area contributed by atoms with Crippen molar-refractivity contribution < 1.29 is 27.8 Å². The van der Waals surface area contributed by atoms with Crippen LogP contribution in [-0.2, 0) is 12.7 Å². The number of carboxylic acid groups (broad SMARTS) is 1. The first-order valence-electron chi connectivity index (χ1n) is 13.8. The van der Waals surface area contributed by atoms with E-state index in [0.29, 0.717) is 43.5 Å². The Morgan fingerprint density at radius 3 is 2.45 bits per heavy atom. The highest BCUT2D eigenvalue weighted by Gasteiger charge is 2.37. The second-order valence-corrected chi connectivity index (χ2v) is 12.1. The summed E-state index contributed by atoms with van der Waals surface area (Å²) in [5.41, 5.74) is -0.734. The van der Waals surface area contributed by atoms with Crippen LogP contribution in [0.4, 0.5) is 13.2 Å². The van der Waals surface area contributed by atoms with E-state index < -0.39 is 29.0 Å². The average molecular weight is 702 g/mol. The molecule has 0 aliphatic heterocycles. The fourth-order valence-electron chi connectivity index (χ4n) is 5.10. The number of ether oxygens (including phenoxy) is 1. The minimum absolute atomic E-state index is 0.0360. The predicted octanol–water partition coefficient (Wildman–Crippen LogP) is 7.55. The van der Waals surface area contributed by atoms with Crippen LogP contribution in [0.1, 0.15) is 33.1 Å². The first-order valence-corrected chi connectivity index (χ1v) is 15.4. The number of carbonyl (C=O) groups is 1. The number of pyridine rings is 2. The number of halogens is 5. The summed E-state index contributed by atoms with van der Waals surface area (Å²) in [6, 6.07) is 7.51. The largest absolute Gasteiger partial charge is 0.491 e. The number of nitrogens with zero attached hydrogens (tertiary/aromatic N) is 6. The molecule has 0 unspecified atom stereocenters. The second kappa shape index (κ2) is 12.2. The van der Waals surface area contributed by atoms with Crippen LogP contribution in [0.25, 0.3) is 43.8 Å². The Bertz CT molecular complexity index is 2310. The van der Waals surface area contributed by atoms with Gasteiger partial charge in [-0.15, -0.1) is 11.3 Å². The highest BCUT2D eigenvalue weighted by Crippen LogP contribution is 2.41. The fourth-order valence-corrected chi connectivity index (χ4v) is 6.55. The minimum atomic E-state index is -4.85. The molecule has 0 radical (unpaired) electrons. The van der Waals surface area contributed by atoms with Crippen LogP contribution in [0.2, 0.25) is 10.2 Å². The number of aryl methyl sites for hydroxylation is 3. The van der Waals surface area contributed by atoms with E-state index in [-0.39, 0.29) is 46.4 Å². The molecule has 0 atom stereocenters. The van der Waals surface area contributed by atoms with E-state index in [9.17, 15) is 27.9 Å². The van der Waals surface area contributed by atoms with Crippen molar-refractivity contribution in [2.24, 2.45) is 0 Å². The predicted molar refractivity (Wildman–Crippen MR) is 172 cm³/mol.